The van der Waals surface area contributed by atoms with Crippen LogP contribution in [0.2, 0.25) is 0 Å². The molecule has 0 amide bonds. The first-order valence-corrected chi connectivity index (χ1v) is 7.90. The number of hydrogen-bond donors (Lipinski definition) is 1. The van der Waals surface area contributed by atoms with Crippen molar-refractivity contribution >= 4 is 6.16 Å². The van der Waals surface area contributed by atoms with Gasteiger partial charge in [0.15, 0.2) is 0 Å². The standard InChI is InChI=1S/C20H18O5/c1-14-17(13-19(24-14)25-20(21)22)11-12-23-18-9-7-16(8-10-18)15-5-3-2-4-6-15/h2-10,13H,11-12H2,1H3,(H,21,22). The molecule has 0 saturated heterocycles. The van der Waals surface area contributed by atoms with Crippen molar-refractivity contribution in [2.45, 2.75) is 13.3 Å². The molecular formula is C20H18O5. The topological polar surface area (TPSA) is 68.9 Å². The summed E-state index contributed by atoms with van der Waals surface area (Å²) in [6.07, 6.45) is -0.797. The minimum Gasteiger partial charge on any atom is -0.493 e. The second-order valence-corrected chi connectivity index (χ2v) is 5.50. The average molecular weight is 338 g/mol. The van der Waals surface area contributed by atoms with Crippen LogP contribution in [0.3, 0.4) is 0 Å². The third-order valence-corrected chi connectivity index (χ3v) is 3.79. The maximum absolute atomic E-state index is 10.5. The zero-order valence-corrected chi connectivity index (χ0v) is 13.8. The molecule has 5 nitrogen and oxygen atoms in total. The average Bonchev–Trinajstić information content (AvgIpc) is 2.95. The van der Waals surface area contributed by atoms with Crippen LogP contribution in [0.15, 0.2) is 65.1 Å². The summed E-state index contributed by atoms with van der Waals surface area (Å²) in [6, 6.07) is 19.6. The van der Waals surface area contributed by atoms with Gasteiger partial charge in [0.25, 0.3) is 5.95 Å². The van der Waals surface area contributed by atoms with Crippen molar-refractivity contribution in [3.63, 3.8) is 0 Å². The zero-order valence-electron chi connectivity index (χ0n) is 13.8. The lowest BCUT2D eigenvalue weighted by Crippen LogP contribution is -2.02. The Morgan fingerprint density at radius 1 is 1.04 bits per heavy atom. The van der Waals surface area contributed by atoms with Crippen molar-refractivity contribution in [1.29, 1.82) is 0 Å². The van der Waals surface area contributed by atoms with E-state index in [-0.39, 0.29) is 5.95 Å². The number of carbonyl (C=O) groups is 1. The van der Waals surface area contributed by atoms with Crippen molar-refractivity contribution in [3.8, 4) is 22.8 Å². The number of aryl methyl sites for hydroxylation is 1. The van der Waals surface area contributed by atoms with E-state index < -0.39 is 6.16 Å². The molecule has 0 aliphatic carbocycles. The van der Waals surface area contributed by atoms with E-state index in [0.717, 1.165) is 22.4 Å². The Hall–Kier alpha value is -3.21. The van der Waals surface area contributed by atoms with Gasteiger partial charge in [-0.15, -0.1) is 0 Å². The summed E-state index contributed by atoms with van der Waals surface area (Å²) < 4.78 is 15.5. The van der Waals surface area contributed by atoms with Crippen LogP contribution in [-0.4, -0.2) is 17.9 Å². The first-order valence-electron chi connectivity index (χ1n) is 7.90. The van der Waals surface area contributed by atoms with E-state index in [4.69, 9.17) is 14.3 Å². The first-order chi connectivity index (χ1) is 12.1. The van der Waals surface area contributed by atoms with Gasteiger partial charge in [-0.1, -0.05) is 42.5 Å². The van der Waals surface area contributed by atoms with Crippen LogP contribution in [-0.2, 0) is 6.42 Å². The molecule has 25 heavy (non-hydrogen) atoms. The number of furan rings is 1. The molecule has 0 radical (unpaired) electrons. The molecule has 0 spiro atoms. The third-order valence-electron chi connectivity index (χ3n) is 3.79. The SMILES string of the molecule is Cc1oc(OC(=O)O)cc1CCOc1ccc(-c2ccccc2)cc1. The normalized spacial score (nSPS) is 10.4. The molecule has 0 saturated carbocycles. The Morgan fingerprint density at radius 2 is 1.72 bits per heavy atom. The lowest BCUT2D eigenvalue weighted by atomic mass is 10.1. The van der Waals surface area contributed by atoms with Gasteiger partial charge >= 0.3 is 6.16 Å². The summed E-state index contributed by atoms with van der Waals surface area (Å²) >= 11 is 0. The van der Waals surface area contributed by atoms with Gasteiger partial charge in [-0.3, -0.25) is 0 Å². The van der Waals surface area contributed by atoms with Crippen LogP contribution >= 0.6 is 0 Å². The molecule has 128 valence electrons. The summed E-state index contributed by atoms with van der Waals surface area (Å²) in [7, 11) is 0. The highest BCUT2D eigenvalue weighted by molar-refractivity contribution is 5.63. The minimum atomic E-state index is -1.39. The minimum absolute atomic E-state index is 0.0211. The first kappa shape index (κ1) is 16.6. The highest BCUT2D eigenvalue weighted by atomic mass is 16.7. The molecule has 0 unspecified atom stereocenters. The molecule has 1 heterocycles. The predicted octanol–water partition coefficient (Wildman–Crippen LogP) is 4.93. The number of rotatable bonds is 6. The molecule has 1 aromatic heterocycles. The molecule has 0 aliphatic rings. The summed E-state index contributed by atoms with van der Waals surface area (Å²) in [5.74, 6) is 1.38. The zero-order chi connectivity index (χ0) is 17.6. The number of ether oxygens (including phenoxy) is 2. The molecule has 0 atom stereocenters. The fraction of sp³-hybridized carbons (Fsp3) is 0.150. The van der Waals surface area contributed by atoms with E-state index in [1.54, 1.807) is 13.0 Å². The molecule has 0 fully saturated rings. The molecule has 3 rings (SSSR count). The maximum Gasteiger partial charge on any atom is 0.513 e. The largest absolute Gasteiger partial charge is 0.513 e. The Kier molecular flexibility index (Phi) is 5.04. The maximum atomic E-state index is 10.5. The predicted molar refractivity (Wildman–Crippen MR) is 93.2 cm³/mol. The fourth-order valence-electron chi connectivity index (χ4n) is 2.53. The lowest BCUT2D eigenvalue weighted by molar-refractivity contribution is 0.132. The van der Waals surface area contributed by atoms with E-state index in [1.807, 2.05) is 42.5 Å². The van der Waals surface area contributed by atoms with Crippen LogP contribution < -0.4 is 9.47 Å². The van der Waals surface area contributed by atoms with Gasteiger partial charge in [-0.25, -0.2) is 4.79 Å². The van der Waals surface area contributed by atoms with E-state index in [0.29, 0.717) is 18.8 Å². The Labute approximate surface area is 145 Å². The summed E-state index contributed by atoms with van der Waals surface area (Å²) in [5, 5.41) is 8.59. The number of carboxylic acid groups (broad SMARTS) is 1. The molecule has 1 N–H and O–H groups in total. The fourth-order valence-corrected chi connectivity index (χ4v) is 2.53. The van der Waals surface area contributed by atoms with Gasteiger partial charge in [-0.2, -0.15) is 0 Å². The number of benzene rings is 2. The smallest absolute Gasteiger partial charge is 0.493 e. The van der Waals surface area contributed by atoms with Crippen LogP contribution in [0.25, 0.3) is 11.1 Å². The Bertz CT molecular complexity index is 834. The van der Waals surface area contributed by atoms with E-state index in [1.165, 1.54) is 0 Å². The highest BCUT2D eigenvalue weighted by Crippen LogP contribution is 2.24. The third kappa shape index (κ3) is 4.41. The quantitative estimate of drug-likeness (QED) is 0.645. The van der Waals surface area contributed by atoms with Gasteiger partial charge in [-0.05, 0) is 30.2 Å². The number of hydrogen-bond acceptors (Lipinski definition) is 4. The summed E-state index contributed by atoms with van der Waals surface area (Å²) in [4.78, 5) is 10.5. The molecule has 0 bridgehead atoms. The molecule has 0 aliphatic heterocycles. The lowest BCUT2D eigenvalue weighted by Gasteiger charge is -2.07. The van der Waals surface area contributed by atoms with Crippen molar-refractivity contribution in [1.82, 2.24) is 0 Å². The van der Waals surface area contributed by atoms with Crippen LogP contribution in [0.1, 0.15) is 11.3 Å². The van der Waals surface area contributed by atoms with Gasteiger partial charge in [0, 0.05) is 18.1 Å². The van der Waals surface area contributed by atoms with E-state index in [9.17, 15) is 4.79 Å². The van der Waals surface area contributed by atoms with Crippen molar-refractivity contribution < 1.29 is 23.8 Å². The molecule has 2 aromatic carbocycles. The van der Waals surface area contributed by atoms with Gasteiger partial charge in [0.1, 0.15) is 11.5 Å². The van der Waals surface area contributed by atoms with Crippen molar-refractivity contribution in [2.24, 2.45) is 0 Å². The van der Waals surface area contributed by atoms with Gasteiger partial charge in [0.05, 0.1) is 6.61 Å². The molecule has 3 aromatic rings. The molecular weight excluding hydrogens is 320 g/mol. The second kappa shape index (κ2) is 7.57. The van der Waals surface area contributed by atoms with Crippen LogP contribution in [0.5, 0.6) is 11.7 Å². The van der Waals surface area contributed by atoms with Crippen molar-refractivity contribution in [3.05, 3.63) is 72.0 Å². The van der Waals surface area contributed by atoms with Crippen LogP contribution in [0.4, 0.5) is 4.79 Å². The van der Waals surface area contributed by atoms with E-state index in [2.05, 4.69) is 16.9 Å². The summed E-state index contributed by atoms with van der Waals surface area (Å²) in [5.41, 5.74) is 3.15. The Balaban J connectivity index is 1.56. The highest BCUT2D eigenvalue weighted by Gasteiger charge is 2.11. The second-order valence-electron chi connectivity index (χ2n) is 5.50. The summed E-state index contributed by atoms with van der Waals surface area (Å²) in [6.45, 7) is 2.22. The van der Waals surface area contributed by atoms with Crippen molar-refractivity contribution in [2.75, 3.05) is 6.61 Å². The molecule has 5 heteroatoms. The Morgan fingerprint density at radius 3 is 2.40 bits per heavy atom. The van der Waals surface area contributed by atoms with Gasteiger partial charge < -0.3 is 19.0 Å². The van der Waals surface area contributed by atoms with E-state index >= 15 is 0 Å². The van der Waals surface area contributed by atoms with Gasteiger partial charge in [0.2, 0.25) is 0 Å². The monoisotopic (exact) mass is 338 g/mol. The van der Waals surface area contributed by atoms with Crippen LogP contribution in [0, 0.1) is 6.92 Å².